The van der Waals surface area contributed by atoms with Crippen LogP contribution in [0.15, 0.2) is 0 Å². The van der Waals surface area contributed by atoms with Crippen molar-refractivity contribution >= 4 is 11.1 Å². The quantitative estimate of drug-likeness (QED) is 0.322. The maximum Gasteiger partial charge on any atom is 1.00 e. The van der Waals surface area contributed by atoms with E-state index in [4.69, 9.17) is 4.74 Å². The Morgan fingerprint density at radius 2 is 2.20 bits per heavy atom. The zero-order chi connectivity index (χ0) is 6.69. The first kappa shape index (κ1) is 11.1. The average Bonchev–Trinajstić information content (AvgIpc) is 1.90. The third-order valence-electron chi connectivity index (χ3n) is 1.35. The van der Waals surface area contributed by atoms with Crippen molar-refractivity contribution in [3.05, 3.63) is 0 Å². The number of hydrogen-bond acceptors (Lipinski definition) is 3. The third kappa shape index (κ3) is 3.46. The summed E-state index contributed by atoms with van der Waals surface area (Å²) in [7, 11) is 0. The van der Waals surface area contributed by atoms with Crippen LogP contribution in [0.1, 0.15) is 19.3 Å². The SMILES string of the molecule is O=S([O-])C1CCCCO1.[Na+]. The first-order chi connectivity index (χ1) is 4.30. The molecule has 0 saturated carbocycles. The van der Waals surface area contributed by atoms with Gasteiger partial charge in [0.25, 0.3) is 0 Å². The molecule has 1 aliphatic heterocycles. The van der Waals surface area contributed by atoms with Crippen LogP contribution < -0.4 is 29.6 Å². The molecule has 3 nitrogen and oxygen atoms in total. The van der Waals surface area contributed by atoms with Crippen LogP contribution in [0, 0.1) is 0 Å². The minimum atomic E-state index is -2.02. The van der Waals surface area contributed by atoms with Gasteiger partial charge in [-0.3, -0.25) is 4.21 Å². The van der Waals surface area contributed by atoms with Crippen LogP contribution in [-0.4, -0.2) is 20.8 Å². The Balaban J connectivity index is 0.000000810. The molecule has 0 spiro atoms. The van der Waals surface area contributed by atoms with E-state index in [1.165, 1.54) is 0 Å². The summed E-state index contributed by atoms with van der Waals surface area (Å²) < 4.78 is 25.4. The summed E-state index contributed by atoms with van der Waals surface area (Å²) in [5, 5.41) is 0. The van der Waals surface area contributed by atoms with Gasteiger partial charge in [0.2, 0.25) is 0 Å². The molecule has 0 aliphatic carbocycles. The van der Waals surface area contributed by atoms with Crippen molar-refractivity contribution < 1.29 is 43.1 Å². The van der Waals surface area contributed by atoms with E-state index in [1.54, 1.807) is 0 Å². The Labute approximate surface area is 85.1 Å². The topological polar surface area (TPSA) is 49.4 Å². The monoisotopic (exact) mass is 172 g/mol. The fraction of sp³-hybridized carbons (Fsp3) is 1.00. The molecular weight excluding hydrogens is 163 g/mol. The number of hydrogen-bond donors (Lipinski definition) is 0. The average molecular weight is 172 g/mol. The molecule has 1 heterocycles. The largest absolute Gasteiger partial charge is 1.00 e. The van der Waals surface area contributed by atoms with E-state index in [2.05, 4.69) is 0 Å². The third-order valence-corrected chi connectivity index (χ3v) is 2.15. The Bertz CT molecular complexity index is 113. The van der Waals surface area contributed by atoms with Crippen molar-refractivity contribution in [3.63, 3.8) is 0 Å². The number of rotatable bonds is 1. The smallest absolute Gasteiger partial charge is 0.770 e. The van der Waals surface area contributed by atoms with Crippen LogP contribution in [-0.2, 0) is 15.8 Å². The summed E-state index contributed by atoms with van der Waals surface area (Å²) in [6.45, 7) is 0.596. The van der Waals surface area contributed by atoms with Crippen LogP contribution in [0.3, 0.4) is 0 Å². The second-order valence-corrected chi connectivity index (χ2v) is 3.10. The van der Waals surface area contributed by atoms with E-state index in [9.17, 15) is 8.76 Å². The second-order valence-electron chi connectivity index (χ2n) is 2.06. The van der Waals surface area contributed by atoms with Gasteiger partial charge in [-0.05, 0) is 30.3 Å². The van der Waals surface area contributed by atoms with Gasteiger partial charge in [-0.15, -0.1) is 0 Å². The van der Waals surface area contributed by atoms with Gasteiger partial charge in [0.1, 0.15) is 5.44 Å². The van der Waals surface area contributed by atoms with Gasteiger partial charge >= 0.3 is 29.6 Å². The minimum absolute atomic E-state index is 0. The molecule has 2 unspecified atom stereocenters. The Morgan fingerprint density at radius 1 is 1.50 bits per heavy atom. The van der Waals surface area contributed by atoms with Crippen molar-refractivity contribution in [1.82, 2.24) is 0 Å². The zero-order valence-corrected chi connectivity index (χ0v) is 8.86. The van der Waals surface area contributed by atoms with Crippen LogP contribution in [0.2, 0.25) is 0 Å². The van der Waals surface area contributed by atoms with Crippen LogP contribution in [0.4, 0.5) is 0 Å². The molecule has 2 atom stereocenters. The van der Waals surface area contributed by atoms with Gasteiger partial charge < -0.3 is 9.29 Å². The van der Waals surface area contributed by atoms with Gasteiger partial charge in [-0.1, -0.05) is 0 Å². The van der Waals surface area contributed by atoms with Gasteiger partial charge in [0, 0.05) is 6.61 Å². The molecule has 54 valence electrons. The summed E-state index contributed by atoms with van der Waals surface area (Å²) in [6.07, 6.45) is 2.63. The minimum Gasteiger partial charge on any atom is -0.770 e. The predicted octanol–water partition coefficient (Wildman–Crippen LogP) is -2.60. The molecule has 10 heavy (non-hydrogen) atoms. The van der Waals surface area contributed by atoms with Gasteiger partial charge in [-0.25, -0.2) is 0 Å². The molecule has 0 aromatic rings. The van der Waals surface area contributed by atoms with Crippen LogP contribution in [0.5, 0.6) is 0 Å². The van der Waals surface area contributed by atoms with Crippen molar-refractivity contribution in [1.29, 1.82) is 0 Å². The first-order valence-electron chi connectivity index (χ1n) is 3.00. The maximum atomic E-state index is 10.2. The predicted molar refractivity (Wildman–Crippen MR) is 32.5 cm³/mol. The fourth-order valence-corrected chi connectivity index (χ4v) is 1.43. The summed E-state index contributed by atoms with van der Waals surface area (Å²) in [5.41, 5.74) is -0.529. The summed E-state index contributed by atoms with van der Waals surface area (Å²) >= 11 is -2.02. The van der Waals surface area contributed by atoms with Crippen LogP contribution in [0.25, 0.3) is 0 Å². The summed E-state index contributed by atoms with van der Waals surface area (Å²) in [4.78, 5) is 0. The Morgan fingerprint density at radius 3 is 2.50 bits per heavy atom. The van der Waals surface area contributed by atoms with Crippen molar-refractivity contribution in [2.75, 3.05) is 6.61 Å². The van der Waals surface area contributed by atoms with Gasteiger partial charge in [-0.2, -0.15) is 0 Å². The van der Waals surface area contributed by atoms with Gasteiger partial charge in [0.05, 0.1) is 0 Å². The first-order valence-corrected chi connectivity index (χ1v) is 4.14. The van der Waals surface area contributed by atoms with Crippen LogP contribution >= 0.6 is 0 Å². The number of ether oxygens (including phenoxy) is 1. The second kappa shape index (κ2) is 5.69. The maximum absolute atomic E-state index is 10.2. The molecule has 1 fully saturated rings. The molecule has 0 aromatic heterocycles. The zero-order valence-electron chi connectivity index (χ0n) is 6.04. The van der Waals surface area contributed by atoms with E-state index in [0.29, 0.717) is 13.0 Å². The molecule has 0 N–H and O–H groups in total. The molecule has 1 aliphatic rings. The Hall–Kier alpha value is 1.07. The van der Waals surface area contributed by atoms with Gasteiger partial charge in [0.15, 0.2) is 0 Å². The molecule has 5 heteroatoms. The van der Waals surface area contributed by atoms with E-state index in [0.717, 1.165) is 12.8 Å². The molecule has 1 rings (SSSR count). The van der Waals surface area contributed by atoms with Crippen molar-refractivity contribution in [2.24, 2.45) is 0 Å². The molecule has 0 bridgehead atoms. The molecule has 0 amide bonds. The molecule has 0 aromatic carbocycles. The van der Waals surface area contributed by atoms with E-state index in [-0.39, 0.29) is 29.6 Å². The molecule has 0 radical (unpaired) electrons. The summed E-state index contributed by atoms with van der Waals surface area (Å²) in [5.74, 6) is 0. The molecule has 1 saturated heterocycles. The van der Waals surface area contributed by atoms with E-state index < -0.39 is 16.5 Å². The standard InChI is InChI=1S/C5H10O3S.Na/c6-9(7)5-3-1-2-4-8-5;/h5H,1-4H2,(H,6,7);/q;+1/p-1. The molecular formula is C5H9NaO3S. The van der Waals surface area contributed by atoms with E-state index >= 15 is 0 Å². The fourth-order valence-electron chi connectivity index (χ4n) is 0.863. The Kier molecular flexibility index (Phi) is 6.29. The van der Waals surface area contributed by atoms with Crippen molar-refractivity contribution in [2.45, 2.75) is 24.7 Å². The van der Waals surface area contributed by atoms with Crippen molar-refractivity contribution in [3.8, 4) is 0 Å². The normalized spacial score (nSPS) is 28.7. The summed E-state index contributed by atoms with van der Waals surface area (Å²) in [6, 6.07) is 0. The van der Waals surface area contributed by atoms with E-state index in [1.807, 2.05) is 0 Å².